The first-order chi connectivity index (χ1) is 16.4. The summed E-state index contributed by atoms with van der Waals surface area (Å²) in [7, 11) is 5.12. The molecule has 0 saturated heterocycles. The molecule has 8 heteroatoms. The van der Waals surface area contributed by atoms with E-state index in [1.54, 1.807) is 72.6 Å². The average molecular weight is 454 g/mol. The zero-order chi connectivity index (χ0) is 23.9. The lowest BCUT2D eigenvalue weighted by molar-refractivity contribution is 0.112. The van der Waals surface area contributed by atoms with Gasteiger partial charge in [0.25, 0.3) is 5.56 Å². The van der Waals surface area contributed by atoms with E-state index in [1.807, 2.05) is 37.4 Å². The fourth-order valence-electron chi connectivity index (χ4n) is 4.29. The van der Waals surface area contributed by atoms with Gasteiger partial charge in [0.1, 0.15) is 5.75 Å². The van der Waals surface area contributed by atoms with Crippen LogP contribution in [0, 0.1) is 0 Å². The Hall–Kier alpha value is -4.30. The van der Waals surface area contributed by atoms with E-state index in [4.69, 9.17) is 4.74 Å². The molecule has 0 saturated carbocycles. The third kappa shape index (κ3) is 3.36. The largest absolute Gasteiger partial charge is 0.495 e. The Kier molecular flexibility index (Phi) is 5.22. The van der Waals surface area contributed by atoms with Gasteiger partial charge in [0.05, 0.1) is 42.7 Å². The van der Waals surface area contributed by atoms with E-state index in [9.17, 15) is 9.90 Å². The Bertz CT molecular complexity index is 1540. The van der Waals surface area contributed by atoms with Gasteiger partial charge in [0.2, 0.25) is 0 Å². The lowest BCUT2D eigenvalue weighted by atomic mass is 9.85. The summed E-state index contributed by atoms with van der Waals surface area (Å²) in [6.45, 7) is 0. The van der Waals surface area contributed by atoms with Crippen LogP contribution in [0.3, 0.4) is 0 Å². The third-order valence-corrected chi connectivity index (χ3v) is 6.17. The molecule has 5 rings (SSSR count). The summed E-state index contributed by atoms with van der Waals surface area (Å²) in [5.74, 6) is 0.587. The number of nitrogens with zero attached hydrogens (tertiary/aromatic N) is 5. The molecule has 1 aromatic carbocycles. The van der Waals surface area contributed by atoms with E-state index in [1.165, 1.54) is 0 Å². The first-order valence-electron chi connectivity index (χ1n) is 10.7. The van der Waals surface area contributed by atoms with Crippen LogP contribution in [0.2, 0.25) is 0 Å². The molecule has 4 aromatic heterocycles. The van der Waals surface area contributed by atoms with E-state index in [2.05, 4.69) is 15.0 Å². The predicted octanol–water partition coefficient (Wildman–Crippen LogP) is 3.02. The number of pyridine rings is 3. The Morgan fingerprint density at radius 2 is 1.85 bits per heavy atom. The second kappa shape index (κ2) is 8.24. The molecule has 1 atom stereocenters. The van der Waals surface area contributed by atoms with Crippen molar-refractivity contribution >= 4 is 10.9 Å². The maximum absolute atomic E-state index is 12.7. The van der Waals surface area contributed by atoms with Crippen molar-refractivity contribution in [2.45, 2.75) is 5.60 Å². The number of hydrogen-bond donors (Lipinski definition) is 1. The Labute approximate surface area is 195 Å². The van der Waals surface area contributed by atoms with Gasteiger partial charge in [-0.25, -0.2) is 4.98 Å². The number of imidazole rings is 1. The highest BCUT2D eigenvalue weighted by atomic mass is 16.5. The minimum atomic E-state index is -1.60. The number of methoxy groups -OCH3 is 1. The first-order valence-corrected chi connectivity index (χ1v) is 10.7. The Balaban J connectivity index is 1.82. The van der Waals surface area contributed by atoms with Crippen LogP contribution in [0.1, 0.15) is 17.0 Å². The summed E-state index contributed by atoms with van der Waals surface area (Å²) in [5, 5.41) is 13.1. The molecule has 0 bridgehead atoms. The molecule has 1 unspecified atom stereocenters. The van der Waals surface area contributed by atoms with Crippen molar-refractivity contribution in [2.24, 2.45) is 14.1 Å². The molecule has 1 N–H and O–H groups in total. The molecule has 0 aliphatic rings. The van der Waals surface area contributed by atoms with Crippen molar-refractivity contribution in [2.75, 3.05) is 7.11 Å². The molecular formula is C26H23N5O3. The number of ether oxygens (including phenoxy) is 1. The smallest absolute Gasteiger partial charge is 0.251 e. The van der Waals surface area contributed by atoms with Gasteiger partial charge in [-0.15, -0.1) is 0 Å². The molecular weight excluding hydrogens is 430 g/mol. The van der Waals surface area contributed by atoms with E-state index in [0.717, 1.165) is 22.0 Å². The van der Waals surface area contributed by atoms with Gasteiger partial charge in [-0.1, -0.05) is 12.1 Å². The number of benzene rings is 1. The van der Waals surface area contributed by atoms with Gasteiger partial charge in [0, 0.05) is 43.5 Å². The molecule has 34 heavy (non-hydrogen) atoms. The second-order valence-corrected chi connectivity index (χ2v) is 8.11. The molecule has 0 aliphatic heterocycles. The van der Waals surface area contributed by atoms with Crippen LogP contribution >= 0.6 is 0 Å². The molecule has 0 spiro atoms. The molecule has 170 valence electrons. The normalized spacial score (nSPS) is 13.1. The maximum atomic E-state index is 12.7. The van der Waals surface area contributed by atoms with Gasteiger partial charge < -0.3 is 19.0 Å². The highest BCUT2D eigenvalue weighted by molar-refractivity contribution is 5.95. The maximum Gasteiger partial charge on any atom is 0.251 e. The number of aliphatic hydroxyl groups is 1. The zero-order valence-electron chi connectivity index (χ0n) is 19.0. The Morgan fingerprint density at radius 3 is 2.50 bits per heavy atom. The molecule has 0 aliphatic carbocycles. The van der Waals surface area contributed by atoms with E-state index < -0.39 is 5.60 Å². The Morgan fingerprint density at radius 1 is 1.00 bits per heavy atom. The van der Waals surface area contributed by atoms with E-state index >= 15 is 0 Å². The van der Waals surface area contributed by atoms with Crippen LogP contribution in [0.25, 0.3) is 22.0 Å². The van der Waals surface area contributed by atoms with Crippen molar-refractivity contribution in [1.82, 2.24) is 24.1 Å². The standard InChI is InChI=1S/C26H23N5O3/c1-30-16-28-15-24(30)26(33,23-9-7-19(34-3)14-29-23)18-6-8-22-21(11-18)20(12-25(32)31(22)2)17-5-4-10-27-13-17/h4-16,33H,1-3H3. The lowest BCUT2D eigenvalue weighted by Gasteiger charge is -2.29. The van der Waals surface area contributed by atoms with E-state index in [0.29, 0.717) is 22.7 Å². The molecule has 4 heterocycles. The second-order valence-electron chi connectivity index (χ2n) is 8.11. The monoisotopic (exact) mass is 453 g/mol. The van der Waals surface area contributed by atoms with Crippen LogP contribution in [-0.2, 0) is 19.7 Å². The van der Waals surface area contributed by atoms with Crippen molar-refractivity contribution in [3.05, 3.63) is 107 Å². The summed E-state index contributed by atoms with van der Waals surface area (Å²) in [4.78, 5) is 25.6. The number of aryl methyl sites for hydroxylation is 2. The van der Waals surface area contributed by atoms with Crippen LogP contribution in [-0.4, -0.2) is 36.3 Å². The summed E-state index contributed by atoms with van der Waals surface area (Å²) in [6.07, 6.45) is 8.24. The highest BCUT2D eigenvalue weighted by Crippen LogP contribution is 2.38. The number of fused-ring (bicyclic) bond motifs is 1. The van der Waals surface area contributed by atoms with Crippen LogP contribution in [0.15, 0.2) is 84.4 Å². The molecule has 5 aromatic rings. The highest BCUT2D eigenvalue weighted by Gasteiger charge is 2.38. The van der Waals surface area contributed by atoms with E-state index in [-0.39, 0.29) is 5.56 Å². The summed E-state index contributed by atoms with van der Waals surface area (Å²) >= 11 is 0. The number of aromatic nitrogens is 5. The van der Waals surface area contributed by atoms with Crippen LogP contribution in [0.5, 0.6) is 5.75 Å². The minimum absolute atomic E-state index is 0.127. The van der Waals surface area contributed by atoms with Gasteiger partial charge in [0.15, 0.2) is 5.60 Å². The zero-order valence-corrected chi connectivity index (χ0v) is 19.0. The molecule has 8 nitrogen and oxygen atoms in total. The fraction of sp³-hybridized carbons (Fsp3) is 0.154. The van der Waals surface area contributed by atoms with Crippen molar-refractivity contribution in [3.8, 4) is 16.9 Å². The van der Waals surface area contributed by atoms with Crippen LogP contribution < -0.4 is 10.3 Å². The van der Waals surface area contributed by atoms with Gasteiger partial charge in [-0.2, -0.15) is 0 Å². The quantitative estimate of drug-likeness (QED) is 0.440. The summed E-state index contributed by atoms with van der Waals surface area (Å²) < 4.78 is 8.60. The third-order valence-electron chi connectivity index (χ3n) is 6.17. The SMILES string of the molecule is COc1ccc(C(O)(c2ccc3c(c2)c(-c2cccnc2)cc(=O)n3C)c2cncn2C)nc1. The number of rotatable bonds is 5. The van der Waals surface area contributed by atoms with Crippen molar-refractivity contribution < 1.29 is 9.84 Å². The predicted molar refractivity (Wildman–Crippen MR) is 129 cm³/mol. The number of hydrogen-bond acceptors (Lipinski definition) is 6. The molecule has 0 amide bonds. The first kappa shape index (κ1) is 21.5. The summed E-state index contributed by atoms with van der Waals surface area (Å²) in [6, 6.07) is 14.4. The van der Waals surface area contributed by atoms with Gasteiger partial charge in [-0.05, 0) is 41.5 Å². The summed E-state index contributed by atoms with van der Waals surface area (Å²) in [5.41, 5.74) is 2.12. The molecule has 0 fully saturated rings. The molecule has 0 radical (unpaired) electrons. The van der Waals surface area contributed by atoms with Gasteiger partial charge >= 0.3 is 0 Å². The minimum Gasteiger partial charge on any atom is -0.495 e. The van der Waals surface area contributed by atoms with Crippen LogP contribution in [0.4, 0.5) is 0 Å². The van der Waals surface area contributed by atoms with Crippen molar-refractivity contribution in [1.29, 1.82) is 0 Å². The lowest BCUT2D eigenvalue weighted by Crippen LogP contribution is -2.32. The fourth-order valence-corrected chi connectivity index (χ4v) is 4.29. The topological polar surface area (TPSA) is 95.1 Å². The van der Waals surface area contributed by atoms with Crippen molar-refractivity contribution in [3.63, 3.8) is 0 Å². The van der Waals surface area contributed by atoms with Gasteiger partial charge in [-0.3, -0.25) is 14.8 Å². The average Bonchev–Trinajstić information content (AvgIpc) is 3.32.